The lowest BCUT2D eigenvalue weighted by Gasteiger charge is -2.46. The molecule has 0 atom stereocenters. The number of nitrogens with zero attached hydrogens (tertiary/aromatic N) is 4. The Morgan fingerprint density at radius 1 is 0.330 bits per heavy atom. The van der Waals surface area contributed by atoms with Crippen LogP contribution in [0.2, 0.25) is 0 Å². The van der Waals surface area contributed by atoms with Crippen molar-refractivity contribution in [1.29, 1.82) is 0 Å². The summed E-state index contributed by atoms with van der Waals surface area (Å²) < 4.78 is 13.7. The Labute approximate surface area is 536 Å². The van der Waals surface area contributed by atoms with Crippen LogP contribution in [0.3, 0.4) is 0 Å². The maximum atomic E-state index is 6.86. The summed E-state index contributed by atoms with van der Waals surface area (Å²) in [6.45, 7) is 25.1. The molecule has 2 aromatic heterocycles. The molecule has 0 amide bonds. The van der Waals surface area contributed by atoms with Gasteiger partial charge in [0.15, 0.2) is 0 Å². The van der Waals surface area contributed by atoms with Gasteiger partial charge in [-0.05, 0) is 202 Å². The van der Waals surface area contributed by atoms with E-state index < -0.39 is 0 Å². The number of fused-ring (bicyclic) bond motifs is 6. The smallest absolute Gasteiger partial charge is 0.252 e. The highest BCUT2D eigenvalue weighted by Gasteiger charge is 2.45. The Kier molecular flexibility index (Phi) is 13.7. The van der Waals surface area contributed by atoms with Crippen LogP contribution in [0.1, 0.15) is 90.1 Å². The largest absolute Gasteiger partial charge is 0.456 e. The number of benzene rings is 11. The second-order valence-corrected chi connectivity index (χ2v) is 28.0. The van der Waals surface area contributed by atoms with Gasteiger partial charge < -0.3 is 28.4 Å². The van der Waals surface area contributed by atoms with Crippen molar-refractivity contribution in [2.24, 2.45) is 0 Å². The van der Waals surface area contributed by atoms with Crippen molar-refractivity contribution in [1.82, 2.24) is 0 Å². The molecule has 15 rings (SSSR count). The Bertz CT molecular complexity index is 4650. The van der Waals surface area contributed by atoms with Gasteiger partial charge in [0.1, 0.15) is 22.7 Å². The molecule has 0 fully saturated rings. The number of furan rings is 2. The minimum absolute atomic E-state index is 0.0417. The van der Waals surface area contributed by atoms with Crippen LogP contribution >= 0.6 is 0 Å². The van der Waals surface area contributed by atoms with E-state index in [0.717, 1.165) is 113 Å². The fourth-order valence-electron chi connectivity index (χ4n) is 13.9. The van der Waals surface area contributed by atoms with Crippen molar-refractivity contribution in [3.05, 3.63) is 283 Å². The topological polar surface area (TPSA) is 39.2 Å². The average molecular weight is 1180 g/mol. The molecule has 91 heavy (non-hydrogen) atoms. The lowest BCUT2D eigenvalue weighted by atomic mass is 9.33. The van der Waals surface area contributed by atoms with Gasteiger partial charge in [-0.3, -0.25) is 0 Å². The molecule has 0 saturated carbocycles. The van der Waals surface area contributed by atoms with Gasteiger partial charge in [0.25, 0.3) is 6.71 Å². The minimum atomic E-state index is -0.226. The Morgan fingerprint density at radius 2 is 0.747 bits per heavy atom. The van der Waals surface area contributed by atoms with E-state index in [2.05, 4.69) is 338 Å². The van der Waals surface area contributed by atoms with E-state index in [4.69, 9.17) is 8.83 Å². The van der Waals surface area contributed by atoms with Gasteiger partial charge in [0, 0.05) is 78.8 Å². The van der Waals surface area contributed by atoms with Crippen LogP contribution in [0.4, 0.5) is 68.2 Å². The molecule has 0 radical (unpaired) electrons. The van der Waals surface area contributed by atoms with Gasteiger partial charge >= 0.3 is 0 Å². The van der Waals surface area contributed by atoms with Crippen molar-refractivity contribution in [3.8, 4) is 22.6 Å². The standard InChI is InChI=1S/C84H75BN4O2/c1-54-23-22-24-55(2)81(54)89-73-44-42-67(86(63-27-14-12-15-28-63)64-29-16-13-17-30-64)51-71(73)85-70-50-62(84(9,10)11)37-43-72(70)88(68-46-58(78-48-56-25-18-20-31-76(56)90-78)45-59(47-68)79-49-57-26-19-21-32-77(57)91-79)74-52-69(53-75(89)80(74)85)87(65-38-33-60(34-39-65)82(3,4)5)66-40-35-61(36-41-66)83(6,7)8/h12-53H,1-11H3. The first-order chi connectivity index (χ1) is 43.8. The molecular formula is C84H75BN4O2. The van der Waals surface area contributed by atoms with E-state index in [0.29, 0.717) is 0 Å². The molecule has 2 aliphatic heterocycles. The second-order valence-electron chi connectivity index (χ2n) is 28.0. The summed E-state index contributed by atoms with van der Waals surface area (Å²) in [7, 11) is 0. The molecule has 13 aromatic rings. The predicted octanol–water partition coefficient (Wildman–Crippen LogP) is 22.0. The van der Waals surface area contributed by atoms with Crippen LogP contribution < -0.4 is 36.0 Å². The van der Waals surface area contributed by atoms with E-state index in [1.165, 1.54) is 44.2 Å². The first kappa shape index (κ1) is 57.2. The van der Waals surface area contributed by atoms with E-state index in [-0.39, 0.29) is 23.0 Å². The highest BCUT2D eigenvalue weighted by molar-refractivity contribution is 7.00. The summed E-state index contributed by atoms with van der Waals surface area (Å²) in [6, 6.07) is 94.1. The third-order valence-electron chi connectivity index (χ3n) is 18.7. The zero-order chi connectivity index (χ0) is 62.7. The van der Waals surface area contributed by atoms with E-state index >= 15 is 0 Å². The number of hydrogen-bond acceptors (Lipinski definition) is 6. The van der Waals surface area contributed by atoms with Crippen LogP contribution in [0, 0.1) is 13.8 Å². The summed E-state index contributed by atoms with van der Waals surface area (Å²) in [5.74, 6) is 1.56. The molecule has 6 nitrogen and oxygen atoms in total. The Balaban J connectivity index is 1.08. The summed E-state index contributed by atoms with van der Waals surface area (Å²) in [5, 5.41) is 2.09. The van der Waals surface area contributed by atoms with Gasteiger partial charge in [-0.15, -0.1) is 0 Å². The number of aryl methyl sites for hydroxylation is 2. The lowest BCUT2D eigenvalue weighted by molar-refractivity contribution is 0.590. The molecule has 2 aliphatic rings. The van der Waals surface area contributed by atoms with Gasteiger partial charge in [-0.25, -0.2) is 0 Å². The van der Waals surface area contributed by atoms with Gasteiger partial charge in [0.2, 0.25) is 0 Å². The first-order valence-corrected chi connectivity index (χ1v) is 32.0. The number of para-hydroxylation sites is 5. The third-order valence-corrected chi connectivity index (χ3v) is 18.7. The molecule has 4 heterocycles. The third kappa shape index (κ3) is 10.2. The lowest BCUT2D eigenvalue weighted by Crippen LogP contribution is -2.61. The predicted molar refractivity (Wildman–Crippen MR) is 386 cm³/mol. The second kappa shape index (κ2) is 21.8. The fraction of sp³-hybridized carbons (Fsp3) is 0.167. The number of rotatable bonds is 10. The normalized spacial score (nSPS) is 12.9. The monoisotopic (exact) mass is 1180 g/mol. The molecule has 0 saturated heterocycles. The summed E-state index contributed by atoms with van der Waals surface area (Å²) in [4.78, 5) is 10.0. The minimum Gasteiger partial charge on any atom is -0.456 e. The van der Waals surface area contributed by atoms with Crippen LogP contribution in [0.15, 0.2) is 264 Å². The van der Waals surface area contributed by atoms with Crippen LogP contribution in [0.25, 0.3) is 44.6 Å². The van der Waals surface area contributed by atoms with Crippen molar-refractivity contribution in [2.45, 2.75) is 92.4 Å². The maximum Gasteiger partial charge on any atom is 0.252 e. The molecule has 0 bridgehead atoms. The van der Waals surface area contributed by atoms with E-state index in [9.17, 15) is 0 Å². The van der Waals surface area contributed by atoms with Crippen molar-refractivity contribution in [2.75, 3.05) is 19.6 Å². The molecular weight excluding hydrogens is 1110 g/mol. The summed E-state index contributed by atoms with van der Waals surface area (Å²) >= 11 is 0. The highest BCUT2D eigenvalue weighted by atomic mass is 16.3. The molecule has 7 heteroatoms. The van der Waals surface area contributed by atoms with Crippen LogP contribution in [-0.2, 0) is 16.2 Å². The SMILES string of the molecule is Cc1cccc(C)c1N1c2ccc(N(c3ccccc3)c3ccccc3)cc2B2c3cc(C(C)(C)C)ccc3N(c3cc(-c4cc5ccccc5o4)cc(-c4cc5ccccc5o4)c3)c3cc(N(c4ccc(C(C)(C)C)cc4)c4ccc(C(C)(C)C)cc4)cc1c32. The van der Waals surface area contributed by atoms with Crippen molar-refractivity contribution < 1.29 is 8.83 Å². The molecule has 446 valence electrons. The number of anilines is 12. The molecule has 11 aromatic carbocycles. The van der Waals surface area contributed by atoms with Crippen LogP contribution in [-0.4, -0.2) is 6.71 Å². The van der Waals surface area contributed by atoms with Gasteiger partial charge in [0.05, 0.1) is 11.4 Å². The van der Waals surface area contributed by atoms with Gasteiger partial charge in [-0.2, -0.15) is 0 Å². The molecule has 0 aliphatic carbocycles. The van der Waals surface area contributed by atoms with Crippen molar-refractivity contribution >= 4 is 113 Å². The van der Waals surface area contributed by atoms with E-state index in [1.807, 2.05) is 12.1 Å². The molecule has 0 unspecified atom stereocenters. The maximum absolute atomic E-state index is 6.86. The first-order valence-electron chi connectivity index (χ1n) is 32.0. The van der Waals surface area contributed by atoms with Gasteiger partial charge in [-0.1, -0.05) is 190 Å². The summed E-state index contributed by atoms with van der Waals surface area (Å²) in [6.07, 6.45) is 0. The van der Waals surface area contributed by atoms with Crippen molar-refractivity contribution in [3.63, 3.8) is 0 Å². The quantitative estimate of drug-likeness (QED) is 0.127. The fourth-order valence-corrected chi connectivity index (χ4v) is 13.9. The summed E-state index contributed by atoms with van der Waals surface area (Å²) in [5.41, 5.74) is 26.1. The highest BCUT2D eigenvalue weighted by Crippen LogP contribution is 2.52. The zero-order valence-corrected chi connectivity index (χ0v) is 53.9. The molecule has 0 spiro atoms. The van der Waals surface area contributed by atoms with Crippen LogP contribution in [0.5, 0.6) is 0 Å². The average Bonchev–Trinajstić information content (AvgIpc) is 1.25. The van der Waals surface area contributed by atoms with E-state index in [1.54, 1.807) is 0 Å². The zero-order valence-electron chi connectivity index (χ0n) is 53.9. The Hall–Kier alpha value is -10.2. The number of hydrogen-bond donors (Lipinski definition) is 0. The Morgan fingerprint density at radius 3 is 1.25 bits per heavy atom. The molecule has 0 N–H and O–H groups in total.